The first-order chi connectivity index (χ1) is 9.92. The smallest absolute Gasteiger partial charge is 0.241 e. The van der Waals surface area contributed by atoms with E-state index in [4.69, 9.17) is 0 Å². The summed E-state index contributed by atoms with van der Waals surface area (Å²) in [5.74, 6) is -0.0104. The molecule has 21 heavy (non-hydrogen) atoms. The highest BCUT2D eigenvalue weighted by Gasteiger charge is 2.25. The van der Waals surface area contributed by atoms with E-state index in [2.05, 4.69) is 11.6 Å². The summed E-state index contributed by atoms with van der Waals surface area (Å²) >= 11 is 0. The Labute approximate surface area is 125 Å². The van der Waals surface area contributed by atoms with Gasteiger partial charge in [-0.1, -0.05) is 25.8 Å². The molecule has 2 unspecified atom stereocenters. The van der Waals surface area contributed by atoms with Crippen molar-refractivity contribution in [3.63, 3.8) is 0 Å². The van der Waals surface area contributed by atoms with Crippen LogP contribution >= 0.6 is 0 Å². The average Bonchev–Trinajstić information content (AvgIpc) is 2.63. The third-order valence-corrected chi connectivity index (χ3v) is 5.67. The van der Waals surface area contributed by atoms with Gasteiger partial charge < -0.3 is 5.11 Å². The molecule has 0 aliphatic heterocycles. The molecule has 118 valence electrons. The van der Waals surface area contributed by atoms with Crippen LogP contribution in [0.1, 0.15) is 44.6 Å². The molecule has 0 radical (unpaired) electrons. The molecule has 0 heterocycles. The summed E-state index contributed by atoms with van der Waals surface area (Å²) in [6.07, 6.45) is 4.69. The molecule has 6 heteroatoms. The summed E-state index contributed by atoms with van der Waals surface area (Å²) in [5, 5.41) is 9.24. The van der Waals surface area contributed by atoms with E-state index in [1.165, 1.54) is 6.07 Å². The van der Waals surface area contributed by atoms with Crippen LogP contribution in [-0.4, -0.2) is 19.6 Å². The fraction of sp³-hybridized carbons (Fsp3) is 0.600. The lowest BCUT2D eigenvalue weighted by molar-refractivity contribution is 0.278. The van der Waals surface area contributed by atoms with E-state index in [0.29, 0.717) is 5.92 Å². The molecule has 2 atom stereocenters. The molecule has 0 saturated heterocycles. The van der Waals surface area contributed by atoms with E-state index in [-0.39, 0.29) is 16.5 Å². The van der Waals surface area contributed by atoms with E-state index in [0.717, 1.165) is 44.2 Å². The number of rotatable bonds is 4. The lowest BCUT2D eigenvalue weighted by Gasteiger charge is -2.18. The Morgan fingerprint density at radius 3 is 2.76 bits per heavy atom. The van der Waals surface area contributed by atoms with Gasteiger partial charge in [0.05, 0.1) is 11.5 Å². The van der Waals surface area contributed by atoms with Crippen LogP contribution < -0.4 is 4.72 Å². The van der Waals surface area contributed by atoms with E-state index >= 15 is 0 Å². The number of benzene rings is 1. The minimum absolute atomic E-state index is 0.116. The van der Waals surface area contributed by atoms with Crippen molar-refractivity contribution in [1.29, 1.82) is 0 Å². The molecule has 2 N–H and O–H groups in total. The molecule has 0 spiro atoms. The SMILES string of the molecule is CC1CCCC(NS(=O)(=O)c2cc(F)ccc2CO)CC1. The third kappa shape index (κ3) is 4.25. The van der Waals surface area contributed by atoms with E-state index < -0.39 is 22.4 Å². The minimum Gasteiger partial charge on any atom is -0.392 e. The summed E-state index contributed by atoms with van der Waals surface area (Å²) in [6.45, 7) is 1.74. The Hall–Kier alpha value is -0.980. The molecule has 1 saturated carbocycles. The molecule has 1 aromatic rings. The van der Waals surface area contributed by atoms with Crippen LogP contribution in [0.25, 0.3) is 0 Å². The van der Waals surface area contributed by atoms with Gasteiger partial charge >= 0.3 is 0 Å². The second-order valence-electron chi connectivity index (χ2n) is 5.84. The number of aliphatic hydroxyl groups is 1. The predicted molar refractivity (Wildman–Crippen MR) is 78.7 cm³/mol. The Balaban J connectivity index is 2.20. The zero-order valence-electron chi connectivity index (χ0n) is 12.2. The van der Waals surface area contributed by atoms with Crippen LogP contribution in [-0.2, 0) is 16.6 Å². The Kier molecular flexibility index (Phi) is 5.35. The zero-order valence-corrected chi connectivity index (χ0v) is 13.0. The first-order valence-corrected chi connectivity index (χ1v) is 8.82. The Morgan fingerprint density at radius 2 is 2.05 bits per heavy atom. The molecule has 1 fully saturated rings. The first kappa shape index (κ1) is 16.4. The van der Waals surface area contributed by atoms with Crippen molar-refractivity contribution < 1.29 is 17.9 Å². The number of hydrogen-bond donors (Lipinski definition) is 2. The molecule has 0 amide bonds. The first-order valence-electron chi connectivity index (χ1n) is 7.34. The fourth-order valence-corrected chi connectivity index (χ4v) is 4.34. The second kappa shape index (κ2) is 6.85. The van der Waals surface area contributed by atoms with Crippen LogP contribution in [0, 0.1) is 11.7 Å². The van der Waals surface area contributed by atoms with Crippen LogP contribution in [0.3, 0.4) is 0 Å². The number of halogens is 1. The van der Waals surface area contributed by atoms with E-state index in [1.807, 2.05) is 0 Å². The van der Waals surface area contributed by atoms with Gasteiger partial charge in [0.25, 0.3) is 0 Å². The van der Waals surface area contributed by atoms with Crippen molar-refractivity contribution in [1.82, 2.24) is 4.72 Å². The Bertz CT molecular complexity index is 589. The summed E-state index contributed by atoms with van der Waals surface area (Å²) in [6, 6.07) is 3.30. The normalized spacial score (nSPS) is 23.8. The van der Waals surface area contributed by atoms with Gasteiger partial charge in [-0.25, -0.2) is 17.5 Å². The molecular formula is C15H22FNO3S. The third-order valence-electron chi connectivity index (χ3n) is 4.07. The highest BCUT2D eigenvalue weighted by molar-refractivity contribution is 7.89. The molecule has 4 nitrogen and oxygen atoms in total. The standard InChI is InChI=1S/C15H22FNO3S/c1-11-3-2-4-14(8-5-11)17-21(19,20)15-9-13(16)7-6-12(15)10-18/h6-7,9,11,14,17-18H,2-5,8,10H2,1H3. The second-order valence-corrected chi connectivity index (χ2v) is 7.52. The van der Waals surface area contributed by atoms with Gasteiger partial charge in [-0.15, -0.1) is 0 Å². The highest BCUT2D eigenvalue weighted by Crippen LogP contribution is 2.25. The highest BCUT2D eigenvalue weighted by atomic mass is 32.2. The summed E-state index contributed by atoms with van der Waals surface area (Å²) in [5.41, 5.74) is 0.214. The monoisotopic (exact) mass is 315 g/mol. The Morgan fingerprint density at radius 1 is 1.29 bits per heavy atom. The lowest BCUT2D eigenvalue weighted by atomic mass is 10.0. The van der Waals surface area contributed by atoms with Crippen molar-refractivity contribution >= 4 is 10.0 Å². The molecule has 0 bridgehead atoms. The summed E-state index contributed by atoms with van der Waals surface area (Å²) in [4.78, 5) is -0.165. The minimum atomic E-state index is -3.81. The predicted octanol–water partition coefficient (Wildman–Crippen LogP) is 2.57. The lowest BCUT2D eigenvalue weighted by Crippen LogP contribution is -2.35. The maximum absolute atomic E-state index is 13.3. The van der Waals surface area contributed by atoms with Gasteiger partial charge in [0, 0.05) is 6.04 Å². The number of aliphatic hydroxyl groups excluding tert-OH is 1. The fourth-order valence-electron chi connectivity index (χ4n) is 2.80. The van der Waals surface area contributed by atoms with E-state index in [9.17, 15) is 17.9 Å². The van der Waals surface area contributed by atoms with Crippen LogP contribution in [0.5, 0.6) is 0 Å². The van der Waals surface area contributed by atoms with Gasteiger partial charge in [-0.3, -0.25) is 0 Å². The molecule has 2 rings (SSSR count). The summed E-state index contributed by atoms with van der Waals surface area (Å²) in [7, 11) is -3.81. The quantitative estimate of drug-likeness (QED) is 0.839. The maximum atomic E-state index is 13.3. The van der Waals surface area contributed by atoms with E-state index in [1.54, 1.807) is 0 Å². The number of nitrogens with one attached hydrogen (secondary N) is 1. The van der Waals surface area contributed by atoms with Gasteiger partial charge in [0.1, 0.15) is 5.82 Å². The molecule has 1 aromatic carbocycles. The van der Waals surface area contributed by atoms with Gasteiger partial charge in [-0.05, 0) is 42.9 Å². The van der Waals surface area contributed by atoms with Crippen LogP contribution in [0.15, 0.2) is 23.1 Å². The summed E-state index contributed by atoms with van der Waals surface area (Å²) < 4.78 is 40.9. The number of hydrogen-bond acceptors (Lipinski definition) is 3. The molecular weight excluding hydrogens is 293 g/mol. The maximum Gasteiger partial charge on any atom is 0.241 e. The van der Waals surface area contributed by atoms with Crippen LogP contribution in [0.4, 0.5) is 4.39 Å². The van der Waals surface area contributed by atoms with Crippen molar-refractivity contribution in [3.05, 3.63) is 29.6 Å². The van der Waals surface area contributed by atoms with Gasteiger partial charge in [0.15, 0.2) is 0 Å². The van der Waals surface area contributed by atoms with Crippen molar-refractivity contribution in [2.75, 3.05) is 0 Å². The average molecular weight is 315 g/mol. The van der Waals surface area contributed by atoms with Gasteiger partial charge in [-0.2, -0.15) is 0 Å². The van der Waals surface area contributed by atoms with Crippen molar-refractivity contribution in [2.45, 2.75) is 56.6 Å². The van der Waals surface area contributed by atoms with Crippen molar-refractivity contribution in [2.24, 2.45) is 5.92 Å². The largest absolute Gasteiger partial charge is 0.392 e. The molecule has 0 aromatic heterocycles. The molecule has 1 aliphatic rings. The topological polar surface area (TPSA) is 66.4 Å². The zero-order chi connectivity index (χ0) is 15.5. The van der Waals surface area contributed by atoms with Gasteiger partial charge in [0.2, 0.25) is 10.0 Å². The molecule has 1 aliphatic carbocycles. The van der Waals surface area contributed by atoms with Crippen LogP contribution in [0.2, 0.25) is 0 Å². The van der Waals surface area contributed by atoms with Crippen molar-refractivity contribution in [3.8, 4) is 0 Å². The number of sulfonamides is 1.